The third kappa shape index (κ3) is 4.24. The summed E-state index contributed by atoms with van der Waals surface area (Å²) < 4.78 is 29.7. The zero-order valence-electron chi connectivity index (χ0n) is 14.6. The minimum absolute atomic E-state index is 0.229. The minimum atomic E-state index is -2.07. The molecule has 0 spiro atoms. The first-order valence-corrected chi connectivity index (χ1v) is 7.93. The van der Waals surface area contributed by atoms with Crippen molar-refractivity contribution in [2.45, 2.75) is 6.54 Å². The van der Waals surface area contributed by atoms with E-state index in [1.807, 2.05) is 5.32 Å². The molecule has 144 valence electrons. The molecule has 0 aliphatic rings. The zero-order chi connectivity index (χ0) is 20.3. The predicted molar refractivity (Wildman–Crippen MR) is 93.9 cm³/mol. The summed E-state index contributed by atoms with van der Waals surface area (Å²) in [6.07, 6.45) is 1.28. The number of carbonyl (C=O) groups is 1. The lowest BCUT2D eigenvalue weighted by Gasteiger charge is -2.05. The Morgan fingerprint density at radius 1 is 1.32 bits per heavy atom. The van der Waals surface area contributed by atoms with Gasteiger partial charge in [-0.1, -0.05) is 11.8 Å². The normalized spacial score (nSPS) is 10.4. The number of rotatable bonds is 4. The lowest BCUT2D eigenvalue weighted by molar-refractivity contribution is 0.195. The highest BCUT2D eigenvalue weighted by Gasteiger charge is 2.13. The fourth-order valence-electron chi connectivity index (χ4n) is 2.37. The molecule has 0 atom stereocenters. The summed E-state index contributed by atoms with van der Waals surface area (Å²) in [6, 6.07) is 3.15. The number of halogens is 2. The molecular weight excluding hydrogens is 374 g/mol. The summed E-state index contributed by atoms with van der Waals surface area (Å²) in [5, 5.41) is 18.4. The van der Waals surface area contributed by atoms with E-state index in [-0.39, 0.29) is 5.65 Å². The Labute approximate surface area is 156 Å². The summed E-state index contributed by atoms with van der Waals surface area (Å²) in [4.78, 5) is 22.8. The number of hydrogen-bond donors (Lipinski definition) is 2. The number of nitrogens with one attached hydrogen (secondary N) is 1. The van der Waals surface area contributed by atoms with E-state index in [4.69, 9.17) is 5.11 Å². The van der Waals surface area contributed by atoms with Gasteiger partial charge in [-0.25, -0.2) is 14.3 Å². The van der Waals surface area contributed by atoms with Crippen LogP contribution in [-0.4, -0.2) is 41.7 Å². The maximum Gasteiger partial charge on any atom is 0.404 e. The highest BCUT2D eigenvalue weighted by Crippen LogP contribution is 2.10. The van der Waals surface area contributed by atoms with Gasteiger partial charge in [-0.05, 0) is 12.1 Å². The van der Waals surface area contributed by atoms with E-state index in [1.54, 1.807) is 36.3 Å². The van der Waals surface area contributed by atoms with Crippen molar-refractivity contribution in [1.29, 1.82) is 0 Å². The van der Waals surface area contributed by atoms with Crippen LogP contribution in [0.4, 0.5) is 13.6 Å². The van der Waals surface area contributed by atoms with Crippen LogP contribution >= 0.6 is 0 Å². The Bertz CT molecular complexity index is 1190. The number of pyridine rings is 1. The molecule has 0 aliphatic carbocycles. The molecule has 0 bridgehead atoms. The quantitative estimate of drug-likeness (QED) is 0.650. The van der Waals surface area contributed by atoms with Gasteiger partial charge in [0.15, 0.2) is 5.65 Å². The molecule has 3 heterocycles. The SMILES string of the molecule is Cn1cc(C#Cc2ccn3c(=O)n(CC(CNC(=O)O)=C(F)F)nc3c2)cn1. The Balaban J connectivity index is 1.88. The van der Waals surface area contributed by atoms with Crippen LogP contribution < -0.4 is 11.0 Å². The molecule has 0 saturated heterocycles. The third-order valence-corrected chi connectivity index (χ3v) is 3.70. The van der Waals surface area contributed by atoms with Gasteiger partial charge in [0, 0.05) is 37.1 Å². The summed E-state index contributed by atoms with van der Waals surface area (Å²) in [5.41, 5.74) is 0.339. The fraction of sp³-hybridized carbons (Fsp3) is 0.176. The Morgan fingerprint density at radius 3 is 2.71 bits per heavy atom. The topological polar surface area (TPSA) is 106 Å². The molecule has 0 fully saturated rings. The van der Waals surface area contributed by atoms with Crippen molar-refractivity contribution in [3.63, 3.8) is 0 Å². The van der Waals surface area contributed by atoms with Crippen LogP contribution in [0, 0.1) is 11.8 Å². The van der Waals surface area contributed by atoms with Crippen molar-refractivity contribution >= 4 is 11.7 Å². The number of fused-ring (bicyclic) bond motifs is 1. The smallest absolute Gasteiger partial charge is 0.404 e. The minimum Gasteiger partial charge on any atom is -0.465 e. The van der Waals surface area contributed by atoms with Crippen LogP contribution in [0.15, 0.2) is 47.2 Å². The molecule has 0 saturated carbocycles. The van der Waals surface area contributed by atoms with Gasteiger partial charge in [0.25, 0.3) is 6.08 Å². The van der Waals surface area contributed by atoms with Crippen LogP contribution in [-0.2, 0) is 13.6 Å². The largest absolute Gasteiger partial charge is 0.465 e. The molecule has 9 nitrogen and oxygen atoms in total. The average Bonchev–Trinajstić information content (AvgIpc) is 3.19. The molecular formula is C17H14F2N6O3. The summed E-state index contributed by atoms with van der Waals surface area (Å²) >= 11 is 0. The number of carboxylic acid groups (broad SMARTS) is 1. The van der Waals surface area contributed by atoms with Crippen LogP contribution in [0.25, 0.3) is 5.65 Å². The second-order valence-corrected chi connectivity index (χ2v) is 5.76. The molecule has 2 N–H and O–H groups in total. The van der Waals surface area contributed by atoms with Crippen molar-refractivity contribution in [3.8, 4) is 11.8 Å². The highest BCUT2D eigenvalue weighted by molar-refractivity contribution is 5.64. The van der Waals surface area contributed by atoms with E-state index in [2.05, 4.69) is 22.0 Å². The lowest BCUT2D eigenvalue weighted by Crippen LogP contribution is -2.28. The molecule has 0 radical (unpaired) electrons. The number of hydrogen-bond acceptors (Lipinski definition) is 4. The van der Waals surface area contributed by atoms with E-state index < -0.39 is 36.5 Å². The Hall–Kier alpha value is -3.94. The van der Waals surface area contributed by atoms with E-state index in [0.29, 0.717) is 11.1 Å². The van der Waals surface area contributed by atoms with E-state index in [9.17, 15) is 18.4 Å². The van der Waals surface area contributed by atoms with E-state index in [0.717, 1.165) is 4.68 Å². The summed E-state index contributed by atoms with van der Waals surface area (Å²) in [6.45, 7) is -1.15. The number of aromatic nitrogens is 5. The molecule has 0 aliphatic heterocycles. The van der Waals surface area contributed by atoms with Crippen LogP contribution in [0.3, 0.4) is 0 Å². The summed E-state index contributed by atoms with van der Waals surface area (Å²) in [5.74, 6) is 5.83. The van der Waals surface area contributed by atoms with Gasteiger partial charge in [-0.3, -0.25) is 9.08 Å². The van der Waals surface area contributed by atoms with Crippen LogP contribution in [0.1, 0.15) is 11.1 Å². The second-order valence-electron chi connectivity index (χ2n) is 5.76. The standard InChI is InChI=1S/C17H14F2N6O3/c1-23-9-12(7-21-23)3-2-11-4-5-24-14(6-11)22-25(17(24)28)10-13(15(18)19)8-20-16(26)27/h4-7,9,20H,8,10H2,1H3,(H,26,27). The van der Waals surface area contributed by atoms with Gasteiger partial charge in [0.1, 0.15) is 0 Å². The van der Waals surface area contributed by atoms with Crippen molar-refractivity contribution < 1.29 is 18.7 Å². The van der Waals surface area contributed by atoms with Gasteiger partial charge in [0.2, 0.25) is 0 Å². The van der Waals surface area contributed by atoms with Gasteiger partial charge >= 0.3 is 11.8 Å². The van der Waals surface area contributed by atoms with Crippen molar-refractivity contribution in [2.24, 2.45) is 7.05 Å². The van der Waals surface area contributed by atoms with Crippen molar-refractivity contribution in [3.05, 3.63) is 64.0 Å². The Kier molecular flexibility index (Phi) is 5.21. The first-order chi connectivity index (χ1) is 13.3. The third-order valence-electron chi connectivity index (χ3n) is 3.70. The summed E-state index contributed by atoms with van der Waals surface area (Å²) in [7, 11) is 1.77. The molecule has 1 amide bonds. The number of aryl methyl sites for hydroxylation is 1. The van der Waals surface area contributed by atoms with E-state index in [1.165, 1.54) is 10.6 Å². The Morgan fingerprint density at radius 2 is 2.07 bits per heavy atom. The first kappa shape index (κ1) is 18.8. The molecule has 3 aromatic heterocycles. The average molecular weight is 388 g/mol. The monoisotopic (exact) mass is 388 g/mol. The first-order valence-electron chi connectivity index (χ1n) is 7.93. The van der Waals surface area contributed by atoms with Gasteiger partial charge in [-0.15, -0.1) is 5.10 Å². The fourth-order valence-corrected chi connectivity index (χ4v) is 2.37. The second kappa shape index (κ2) is 7.75. The van der Waals surface area contributed by atoms with Crippen LogP contribution in [0.2, 0.25) is 0 Å². The molecule has 0 aromatic carbocycles. The van der Waals surface area contributed by atoms with Crippen LogP contribution in [0.5, 0.6) is 0 Å². The maximum absolute atomic E-state index is 13.0. The highest BCUT2D eigenvalue weighted by atomic mass is 19.3. The predicted octanol–water partition coefficient (Wildman–Crippen LogP) is 1.05. The van der Waals surface area contributed by atoms with Crippen molar-refractivity contribution in [1.82, 2.24) is 29.3 Å². The number of amides is 1. The molecule has 11 heteroatoms. The molecule has 3 rings (SSSR count). The molecule has 28 heavy (non-hydrogen) atoms. The molecule has 0 unspecified atom stereocenters. The number of nitrogens with zero attached hydrogens (tertiary/aromatic N) is 5. The van der Waals surface area contributed by atoms with Gasteiger partial charge < -0.3 is 10.4 Å². The zero-order valence-corrected chi connectivity index (χ0v) is 14.6. The van der Waals surface area contributed by atoms with Gasteiger partial charge in [0.05, 0.1) is 18.3 Å². The van der Waals surface area contributed by atoms with E-state index >= 15 is 0 Å². The molecule has 3 aromatic rings. The lowest BCUT2D eigenvalue weighted by atomic mass is 10.2. The maximum atomic E-state index is 13.0. The van der Waals surface area contributed by atoms with Gasteiger partial charge in [-0.2, -0.15) is 13.9 Å². The van der Waals surface area contributed by atoms with Crippen molar-refractivity contribution in [2.75, 3.05) is 6.54 Å².